The predicted molar refractivity (Wildman–Crippen MR) is 69.5 cm³/mol. The van der Waals surface area contributed by atoms with Gasteiger partial charge < -0.3 is 15.4 Å². The summed E-state index contributed by atoms with van der Waals surface area (Å²) in [5.41, 5.74) is 2.63. The number of aromatic nitrogens is 2. The molecule has 0 fully saturated rings. The summed E-state index contributed by atoms with van der Waals surface area (Å²) in [4.78, 5) is 11.5. The van der Waals surface area contributed by atoms with Gasteiger partial charge in [0.15, 0.2) is 0 Å². The second-order valence-corrected chi connectivity index (χ2v) is 4.19. The first kappa shape index (κ1) is 14.1. The van der Waals surface area contributed by atoms with E-state index in [4.69, 9.17) is 4.74 Å². The largest absolute Gasteiger partial charge is 0.481 e. The quantitative estimate of drug-likeness (QED) is 0.771. The Morgan fingerprint density at radius 1 is 1.50 bits per heavy atom. The molecule has 1 aromatic heterocycles. The zero-order valence-electron chi connectivity index (χ0n) is 11.3. The van der Waals surface area contributed by atoms with Crippen LogP contribution in [0.3, 0.4) is 0 Å². The van der Waals surface area contributed by atoms with Crippen molar-refractivity contribution in [3.8, 4) is 5.88 Å². The first-order valence-corrected chi connectivity index (χ1v) is 5.68. The van der Waals surface area contributed by atoms with Crippen molar-refractivity contribution in [2.45, 2.75) is 20.4 Å². The average Bonchev–Trinajstić information content (AvgIpc) is 2.57. The molecule has 0 radical (unpaired) electrons. The van der Waals surface area contributed by atoms with Crippen molar-refractivity contribution in [2.75, 3.05) is 13.7 Å². The molecular weight excluding hydrogens is 232 g/mol. The fourth-order valence-corrected chi connectivity index (χ4v) is 1.60. The lowest BCUT2D eigenvalue weighted by Gasteiger charge is -2.08. The minimum atomic E-state index is -0.233. The van der Waals surface area contributed by atoms with Crippen LogP contribution in [0.15, 0.2) is 12.2 Å². The molecule has 0 atom stereocenters. The SMILES string of the molecule is C=C(C)CNC(=O)NCc1c(C)nn(C)c1OC. The maximum absolute atomic E-state index is 11.5. The van der Waals surface area contributed by atoms with E-state index in [2.05, 4.69) is 22.3 Å². The highest BCUT2D eigenvalue weighted by atomic mass is 16.5. The lowest BCUT2D eigenvalue weighted by molar-refractivity contribution is 0.241. The van der Waals surface area contributed by atoms with Crippen LogP contribution in [0.4, 0.5) is 4.79 Å². The van der Waals surface area contributed by atoms with Gasteiger partial charge in [-0.05, 0) is 13.8 Å². The van der Waals surface area contributed by atoms with E-state index >= 15 is 0 Å². The molecule has 2 N–H and O–H groups in total. The number of carbonyl (C=O) groups excluding carboxylic acids is 1. The number of ether oxygens (including phenoxy) is 1. The van der Waals surface area contributed by atoms with E-state index in [1.54, 1.807) is 18.8 Å². The lowest BCUT2D eigenvalue weighted by atomic mass is 10.2. The van der Waals surface area contributed by atoms with E-state index in [1.165, 1.54) is 0 Å². The number of amides is 2. The molecule has 0 aliphatic rings. The van der Waals surface area contributed by atoms with Gasteiger partial charge in [-0.3, -0.25) is 0 Å². The van der Waals surface area contributed by atoms with E-state index in [-0.39, 0.29) is 6.03 Å². The molecule has 2 amide bonds. The van der Waals surface area contributed by atoms with Gasteiger partial charge in [-0.25, -0.2) is 9.48 Å². The van der Waals surface area contributed by atoms with Gasteiger partial charge in [-0.1, -0.05) is 12.2 Å². The predicted octanol–water partition coefficient (Wildman–Crippen LogP) is 1.11. The molecule has 100 valence electrons. The Morgan fingerprint density at radius 2 is 2.17 bits per heavy atom. The number of hydrogen-bond donors (Lipinski definition) is 2. The summed E-state index contributed by atoms with van der Waals surface area (Å²) < 4.78 is 6.89. The third kappa shape index (κ3) is 3.51. The highest BCUT2D eigenvalue weighted by Gasteiger charge is 2.14. The molecular formula is C12H20N4O2. The molecule has 0 aliphatic heterocycles. The maximum Gasteiger partial charge on any atom is 0.315 e. The molecule has 0 spiro atoms. The van der Waals surface area contributed by atoms with Crippen molar-refractivity contribution >= 4 is 6.03 Å². The third-order valence-electron chi connectivity index (χ3n) is 2.46. The van der Waals surface area contributed by atoms with Crippen LogP contribution in [0.5, 0.6) is 5.88 Å². The molecule has 1 aromatic rings. The molecule has 0 bridgehead atoms. The maximum atomic E-state index is 11.5. The van der Waals surface area contributed by atoms with Crippen LogP contribution in [0.2, 0.25) is 0 Å². The van der Waals surface area contributed by atoms with Gasteiger partial charge in [0.1, 0.15) is 0 Å². The van der Waals surface area contributed by atoms with E-state index < -0.39 is 0 Å². The van der Waals surface area contributed by atoms with Crippen LogP contribution in [0.25, 0.3) is 0 Å². The molecule has 0 unspecified atom stereocenters. The molecule has 6 heteroatoms. The van der Waals surface area contributed by atoms with Crippen LogP contribution in [0.1, 0.15) is 18.2 Å². The lowest BCUT2D eigenvalue weighted by Crippen LogP contribution is -2.35. The molecule has 0 saturated heterocycles. The fraction of sp³-hybridized carbons (Fsp3) is 0.500. The van der Waals surface area contributed by atoms with Crippen molar-refractivity contribution in [1.82, 2.24) is 20.4 Å². The van der Waals surface area contributed by atoms with Crippen LogP contribution in [-0.4, -0.2) is 29.5 Å². The number of aryl methyl sites for hydroxylation is 2. The molecule has 0 saturated carbocycles. The van der Waals surface area contributed by atoms with E-state index in [9.17, 15) is 4.79 Å². The van der Waals surface area contributed by atoms with Gasteiger partial charge in [0, 0.05) is 13.6 Å². The Bertz CT molecular complexity index is 451. The van der Waals surface area contributed by atoms with Gasteiger partial charge in [0.05, 0.1) is 24.9 Å². The topological polar surface area (TPSA) is 68.2 Å². The Hall–Kier alpha value is -1.98. The van der Waals surface area contributed by atoms with Gasteiger partial charge in [-0.15, -0.1) is 0 Å². The molecule has 0 aromatic carbocycles. The molecule has 1 rings (SSSR count). The van der Waals surface area contributed by atoms with E-state index in [0.29, 0.717) is 19.0 Å². The number of hydrogen-bond acceptors (Lipinski definition) is 3. The third-order valence-corrected chi connectivity index (χ3v) is 2.46. The zero-order valence-corrected chi connectivity index (χ0v) is 11.3. The van der Waals surface area contributed by atoms with Gasteiger partial charge >= 0.3 is 6.03 Å². The fourth-order valence-electron chi connectivity index (χ4n) is 1.60. The van der Waals surface area contributed by atoms with Gasteiger partial charge in [0.2, 0.25) is 5.88 Å². The summed E-state index contributed by atoms with van der Waals surface area (Å²) in [7, 11) is 3.39. The first-order chi connectivity index (χ1) is 8.45. The second-order valence-electron chi connectivity index (χ2n) is 4.19. The number of urea groups is 1. The van der Waals surface area contributed by atoms with Crippen molar-refractivity contribution in [3.63, 3.8) is 0 Å². The Balaban J connectivity index is 2.58. The number of nitrogens with zero attached hydrogens (tertiary/aromatic N) is 2. The smallest absolute Gasteiger partial charge is 0.315 e. The standard InChI is InChI=1S/C12H20N4O2/c1-8(2)6-13-12(17)14-7-10-9(3)15-16(4)11(10)18-5/h1,6-7H2,2-5H3,(H2,13,14,17). The minimum Gasteiger partial charge on any atom is -0.481 e. The number of nitrogens with one attached hydrogen (secondary N) is 2. The average molecular weight is 252 g/mol. The molecule has 1 heterocycles. The number of carbonyl (C=O) groups is 1. The van der Waals surface area contributed by atoms with Crippen LogP contribution < -0.4 is 15.4 Å². The minimum absolute atomic E-state index is 0.233. The van der Waals surface area contributed by atoms with Crippen molar-refractivity contribution in [2.24, 2.45) is 7.05 Å². The van der Waals surface area contributed by atoms with Crippen LogP contribution in [-0.2, 0) is 13.6 Å². The van der Waals surface area contributed by atoms with Crippen LogP contribution >= 0.6 is 0 Å². The summed E-state index contributed by atoms with van der Waals surface area (Å²) in [6.45, 7) is 8.30. The summed E-state index contributed by atoms with van der Waals surface area (Å²) in [6.07, 6.45) is 0. The van der Waals surface area contributed by atoms with Gasteiger partial charge in [0.25, 0.3) is 0 Å². The summed E-state index contributed by atoms with van der Waals surface area (Å²) in [5.74, 6) is 0.660. The van der Waals surface area contributed by atoms with Crippen molar-refractivity contribution in [3.05, 3.63) is 23.4 Å². The Labute approximate surface area is 107 Å². The van der Waals surface area contributed by atoms with Gasteiger partial charge in [-0.2, -0.15) is 5.10 Å². The molecule has 6 nitrogen and oxygen atoms in total. The monoisotopic (exact) mass is 252 g/mol. The van der Waals surface area contributed by atoms with E-state index in [1.807, 2.05) is 13.8 Å². The van der Waals surface area contributed by atoms with E-state index in [0.717, 1.165) is 16.8 Å². The van der Waals surface area contributed by atoms with Crippen molar-refractivity contribution in [1.29, 1.82) is 0 Å². The summed E-state index contributed by atoms with van der Waals surface area (Å²) in [5, 5.41) is 9.70. The highest BCUT2D eigenvalue weighted by Crippen LogP contribution is 2.20. The Kier molecular flexibility index (Phi) is 4.76. The zero-order chi connectivity index (χ0) is 13.7. The van der Waals surface area contributed by atoms with Crippen molar-refractivity contribution < 1.29 is 9.53 Å². The van der Waals surface area contributed by atoms with Crippen LogP contribution in [0, 0.1) is 6.92 Å². The Morgan fingerprint density at radius 3 is 2.72 bits per heavy atom. The summed E-state index contributed by atoms with van der Waals surface area (Å²) in [6, 6.07) is -0.233. The molecule has 0 aliphatic carbocycles. The second kappa shape index (κ2) is 6.09. The summed E-state index contributed by atoms with van der Waals surface area (Å²) >= 11 is 0. The first-order valence-electron chi connectivity index (χ1n) is 5.68. The number of methoxy groups -OCH3 is 1. The normalized spacial score (nSPS) is 10.0. The molecule has 18 heavy (non-hydrogen) atoms. The number of rotatable bonds is 5. The highest BCUT2D eigenvalue weighted by molar-refractivity contribution is 5.74.